The molecule has 0 unspecified atom stereocenters. The summed E-state index contributed by atoms with van der Waals surface area (Å²) in [6.07, 6.45) is 3.87. The van der Waals surface area contributed by atoms with Gasteiger partial charge in [-0.25, -0.2) is 0 Å². The molecule has 6 rings (SSSR count). The Morgan fingerprint density at radius 2 is 0.750 bits per heavy atom. The largest absolute Gasteiger partial charge is 0.256 e. The quantitative estimate of drug-likeness (QED) is 0.229. The van der Waals surface area contributed by atoms with Gasteiger partial charge >= 0.3 is 0 Å². The fraction of sp³-hybridized carbons (Fsp3) is 0. The lowest BCUT2D eigenvalue weighted by atomic mass is 9.91. The Kier molecular flexibility index (Phi) is 5.91. The minimum atomic E-state index is 0.921. The van der Waals surface area contributed by atoms with Crippen LogP contribution in [0.1, 0.15) is 11.1 Å². The first-order chi connectivity index (χ1) is 17.9. The molecule has 6 aromatic carbocycles. The number of rotatable bonds is 5. The molecule has 0 aliphatic carbocycles. The second-order valence-electron chi connectivity index (χ2n) is 8.70. The average Bonchev–Trinajstić information content (AvgIpc) is 2.95. The van der Waals surface area contributed by atoms with Crippen molar-refractivity contribution in [3.05, 3.63) is 145 Å². The van der Waals surface area contributed by atoms with Gasteiger partial charge in [-0.1, -0.05) is 121 Å². The van der Waals surface area contributed by atoms with Gasteiger partial charge in [-0.2, -0.15) is 0 Å². The molecule has 0 aromatic heterocycles. The third-order valence-corrected chi connectivity index (χ3v) is 6.37. The first-order valence-corrected chi connectivity index (χ1v) is 12.1. The van der Waals surface area contributed by atoms with E-state index < -0.39 is 0 Å². The molecule has 2 heteroatoms. The molecular formula is C34H24N2. The fourth-order valence-corrected chi connectivity index (χ4v) is 4.63. The summed E-state index contributed by atoms with van der Waals surface area (Å²) in [4.78, 5) is 9.98. The minimum absolute atomic E-state index is 0.921. The Labute approximate surface area is 210 Å². The Hall–Kier alpha value is -4.82. The molecule has 2 nitrogen and oxygen atoms in total. The van der Waals surface area contributed by atoms with Gasteiger partial charge < -0.3 is 0 Å². The summed E-state index contributed by atoms with van der Waals surface area (Å²) in [5, 5.41) is 4.68. The number of hydrogen-bond acceptors (Lipinski definition) is 2. The Morgan fingerprint density at radius 1 is 0.361 bits per heavy atom. The van der Waals surface area contributed by atoms with Gasteiger partial charge in [-0.15, -0.1) is 0 Å². The van der Waals surface area contributed by atoms with Crippen molar-refractivity contribution in [1.29, 1.82) is 0 Å². The van der Waals surface area contributed by atoms with Gasteiger partial charge in [0.1, 0.15) is 0 Å². The molecule has 0 fully saturated rings. The van der Waals surface area contributed by atoms with Crippen LogP contribution in [0.15, 0.2) is 143 Å². The van der Waals surface area contributed by atoms with E-state index in [9.17, 15) is 0 Å². The van der Waals surface area contributed by atoms with Crippen LogP contribution >= 0.6 is 0 Å². The van der Waals surface area contributed by atoms with Gasteiger partial charge in [0.15, 0.2) is 0 Å². The van der Waals surface area contributed by atoms with Gasteiger partial charge in [-0.3, -0.25) is 9.98 Å². The molecule has 0 radical (unpaired) electrons. The van der Waals surface area contributed by atoms with E-state index in [1.165, 1.54) is 10.8 Å². The highest BCUT2D eigenvalue weighted by Crippen LogP contribution is 2.45. The van der Waals surface area contributed by atoms with Crippen LogP contribution in [0.3, 0.4) is 0 Å². The Morgan fingerprint density at radius 3 is 1.19 bits per heavy atom. The number of hydrogen-bond donors (Lipinski definition) is 0. The van der Waals surface area contributed by atoms with Crippen LogP contribution in [0.25, 0.3) is 32.7 Å². The minimum Gasteiger partial charge on any atom is -0.256 e. The third kappa shape index (κ3) is 4.33. The van der Waals surface area contributed by atoms with Gasteiger partial charge in [0.2, 0.25) is 0 Å². The summed E-state index contributed by atoms with van der Waals surface area (Å²) >= 11 is 0. The van der Waals surface area contributed by atoms with E-state index in [4.69, 9.17) is 9.98 Å². The van der Waals surface area contributed by atoms with Crippen LogP contribution in [0.2, 0.25) is 0 Å². The molecule has 6 aromatic rings. The van der Waals surface area contributed by atoms with Crippen molar-refractivity contribution in [3.63, 3.8) is 0 Å². The van der Waals surface area contributed by atoms with Gasteiger partial charge in [0.05, 0.1) is 11.4 Å². The molecule has 0 spiro atoms. The maximum atomic E-state index is 4.99. The maximum Gasteiger partial charge on any atom is 0.0715 e. The lowest BCUT2D eigenvalue weighted by molar-refractivity contribution is 1.51. The molecule has 0 saturated carbocycles. The van der Waals surface area contributed by atoms with Crippen molar-refractivity contribution in [2.24, 2.45) is 9.98 Å². The van der Waals surface area contributed by atoms with Gasteiger partial charge in [0.25, 0.3) is 0 Å². The van der Waals surface area contributed by atoms with Crippen molar-refractivity contribution >= 4 is 45.3 Å². The highest BCUT2D eigenvalue weighted by Gasteiger charge is 2.16. The molecule has 0 amide bonds. The van der Waals surface area contributed by atoms with E-state index in [1.54, 1.807) is 0 Å². The molecule has 170 valence electrons. The van der Waals surface area contributed by atoms with Crippen LogP contribution in [0, 0.1) is 0 Å². The highest BCUT2D eigenvalue weighted by atomic mass is 14.7. The summed E-state index contributed by atoms with van der Waals surface area (Å²) < 4.78 is 0. The summed E-state index contributed by atoms with van der Waals surface area (Å²) in [5.74, 6) is 0. The predicted molar refractivity (Wildman–Crippen MR) is 154 cm³/mol. The number of aliphatic imine (C=N–C) groups is 2. The molecule has 0 bridgehead atoms. The van der Waals surface area contributed by atoms with Crippen molar-refractivity contribution in [1.82, 2.24) is 0 Å². The maximum absolute atomic E-state index is 4.99. The van der Waals surface area contributed by atoms with Crippen LogP contribution in [0.5, 0.6) is 0 Å². The lowest BCUT2D eigenvalue weighted by Crippen LogP contribution is -1.89. The van der Waals surface area contributed by atoms with Crippen molar-refractivity contribution in [2.45, 2.75) is 0 Å². The monoisotopic (exact) mass is 460 g/mol. The zero-order valence-electron chi connectivity index (χ0n) is 19.8. The van der Waals surface area contributed by atoms with Crippen LogP contribution in [-0.2, 0) is 0 Å². The smallest absolute Gasteiger partial charge is 0.0715 e. The van der Waals surface area contributed by atoms with E-state index in [0.29, 0.717) is 0 Å². The summed E-state index contributed by atoms with van der Waals surface area (Å²) in [7, 11) is 0. The van der Waals surface area contributed by atoms with E-state index in [-0.39, 0.29) is 0 Å². The van der Waals surface area contributed by atoms with Gasteiger partial charge in [-0.05, 0) is 44.8 Å². The molecule has 0 aliphatic heterocycles. The number of benzene rings is 6. The van der Waals surface area contributed by atoms with Crippen LogP contribution in [0.4, 0.5) is 11.4 Å². The molecule has 0 saturated heterocycles. The zero-order chi connectivity index (χ0) is 24.2. The topological polar surface area (TPSA) is 24.7 Å². The van der Waals surface area contributed by atoms with Crippen LogP contribution in [-0.4, -0.2) is 12.4 Å². The van der Waals surface area contributed by atoms with Crippen LogP contribution < -0.4 is 0 Å². The molecule has 0 N–H and O–H groups in total. The second-order valence-corrected chi connectivity index (χ2v) is 8.70. The summed E-state index contributed by atoms with van der Waals surface area (Å²) in [6, 6.07) is 46.0. The fourth-order valence-electron chi connectivity index (χ4n) is 4.63. The zero-order valence-corrected chi connectivity index (χ0v) is 19.8. The van der Waals surface area contributed by atoms with Crippen molar-refractivity contribution in [2.75, 3.05) is 0 Å². The van der Waals surface area contributed by atoms with E-state index in [1.807, 2.05) is 48.8 Å². The standard InChI is InChI=1S/C34H24N2/c1-3-11-25(12-4-1)23-35-31-21-19-27-15-7-9-17-29(27)33(31)34-30-18-10-8-16-28(30)20-22-32(34)36-24-26-13-5-2-6-14-26/h1-24H/b35-23+,36-24?. The molecular weight excluding hydrogens is 436 g/mol. The average molecular weight is 461 g/mol. The lowest BCUT2D eigenvalue weighted by Gasteiger charge is -2.16. The second kappa shape index (κ2) is 9.81. The van der Waals surface area contributed by atoms with Gasteiger partial charge in [0, 0.05) is 23.6 Å². The first kappa shape index (κ1) is 21.7. The summed E-state index contributed by atoms with van der Waals surface area (Å²) in [6.45, 7) is 0. The predicted octanol–water partition coefficient (Wildman–Crippen LogP) is 9.16. The van der Waals surface area contributed by atoms with E-state index in [2.05, 4.69) is 97.1 Å². The summed E-state index contributed by atoms with van der Waals surface area (Å²) in [5.41, 5.74) is 6.17. The molecule has 0 atom stereocenters. The highest BCUT2D eigenvalue weighted by molar-refractivity contribution is 6.13. The number of fused-ring (bicyclic) bond motifs is 2. The molecule has 36 heavy (non-hydrogen) atoms. The van der Waals surface area contributed by atoms with E-state index >= 15 is 0 Å². The third-order valence-electron chi connectivity index (χ3n) is 6.37. The van der Waals surface area contributed by atoms with Crippen molar-refractivity contribution < 1.29 is 0 Å². The Balaban J connectivity index is 1.63. The SMILES string of the molecule is C(=Nc1ccc2ccccc2c1-c1c(/N=C/c2ccccc2)ccc2ccccc12)c1ccccc1. The number of nitrogens with zero attached hydrogens (tertiary/aromatic N) is 2. The van der Waals surface area contributed by atoms with E-state index in [0.717, 1.165) is 44.4 Å². The van der Waals surface area contributed by atoms with Crippen molar-refractivity contribution in [3.8, 4) is 11.1 Å². The Bertz CT molecular complexity index is 1580. The molecule has 0 heterocycles. The molecule has 0 aliphatic rings. The first-order valence-electron chi connectivity index (χ1n) is 12.1. The normalized spacial score (nSPS) is 11.7.